The van der Waals surface area contributed by atoms with Gasteiger partial charge in [0.15, 0.2) is 5.78 Å². The fraction of sp³-hybridized carbons (Fsp3) is 0.489. The zero-order valence-electron chi connectivity index (χ0n) is 33.9. The summed E-state index contributed by atoms with van der Waals surface area (Å²) in [4.78, 5) is 17.9. The molecule has 5 heteroatoms. The van der Waals surface area contributed by atoms with Gasteiger partial charge in [0.05, 0.1) is 5.52 Å². The number of hydrogen-bond donors (Lipinski definition) is 1. The number of ether oxygens (including phenoxy) is 1. The molecule has 0 saturated carbocycles. The first-order chi connectivity index (χ1) is 23.8. The number of carbonyl (C=O) groups is 1. The molecule has 0 amide bonds. The molecule has 0 saturated heterocycles. The van der Waals surface area contributed by atoms with Crippen LogP contribution in [-0.2, 0) is 30.3 Å². The number of rotatable bonds is 8. The molecule has 281 valence electrons. The molecule has 52 heavy (non-hydrogen) atoms. The fourth-order valence-corrected chi connectivity index (χ4v) is 8.69. The van der Waals surface area contributed by atoms with Gasteiger partial charge in [0.25, 0.3) is 0 Å². The number of para-hydroxylation sites is 1. The van der Waals surface area contributed by atoms with E-state index in [-0.39, 0.29) is 72.3 Å². The van der Waals surface area contributed by atoms with Crippen molar-refractivity contribution in [3.05, 3.63) is 106 Å². The minimum Gasteiger partial charge on any atom is -0.512 e. The second kappa shape index (κ2) is 15.2. The van der Waals surface area contributed by atoms with Gasteiger partial charge in [-0.25, -0.2) is 0 Å². The number of ketones is 1. The second-order valence-corrected chi connectivity index (χ2v) is 17.4. The number of aryl methyl sites for hydroxylation is 2. The molecule has 2 atom stereocenters. The molecule has 6 rings (SSSR count). The molecule has 3 aromatic carbocycles. The molecule has 0 spiro atoms. The van der Waals surface area contributed by atoms with Gasteiger partial charge in [0.2, 0.25) is 0 Å². The van der Waals surface area contributed by atoms with Crippen molar-refractivity contribution in [2.45, 2.75) is 114 Å². The summed E-state index contributed by atoms with van der Waals surface area (Å²) in [6.07, 6.45) is 1.56. The Hall–Kier alpha value is -3.27. The van der Waals surface area contributed by atoms with Gasteiger partial charge < -0.3 is 9.84 Å². The maximum atomic E-state index is 12.8. The third-order valence-electron chi connectivity index (χ3n) is 13.1. The van der Waals surface area contributed by atoms with Gasteiger partial charge in [-0.1, -0.05) is 125 Å². The molecule has 1 N–H and O–H groups in total. The van der Waals surface area contributed by atoms with E-state index in [1.807, 2.05) is 19.9 Å². The van der Waals surface area contributed by atoms with Crippen LogP contribution in [0, 0.1) is 54.4 Å². The first-order valence-corrected chi connectivity index (χ1v) is 18.9. The molecule has 2 unspecified atom stereocenters. The van der Waals surface area contributed by atoms with Crippen LogP contribution in [0.2, 0.25) is 0 Å². The number of pyridine rings is 1. The van der Waals surface area contributed by atoms with Crippen molar-refractivity contribution in [2.75, 3.05) is 0 Å². The van der Waals surface area contributed by atoms with Crippen molar-refractivity contribution < 1.29 is 34.7 Å². The number of aliphatic hydroxyl groups excluding tert-OH is 1. The summed E-state index contributed by atoms with van der Waals surface area (Å²) < 4.78 is 6.45. The second-order valence-electron chi connectivity index (χ2n) is 17.4. The van der Waals surface area contributed by atoms with Crippen LogP contribution in [-0.4, -0.2) is 15.9 Å². The molecule has 1 aliphatic heterocycles. The van der Waals surface area contributed by atoms with Gasteiger partial charge in [-0.2, -0.15) is 0 Å². The average Bonchev–Trinajstić information content (AvgIpc) is 3.56. The van der Waals surface area contributed by atoms with E-state index in [1.54, 1.807) is 0 Å². The van der Waals surface area contributed by atoms with Crippen LogP contribution >= 0.6 is 0 Å². The summed E-state index contributed by atoms with van der Waals surface area (Å²) in [5, 5.41) is 11.9. The maximum absolute atomic E-state index is 12.8. The minimum atomic E-state index is -0.442. The van der Waals surface area contributed by atoms with Crippen molar-refractivity contribution in [1.82, 2.24) is 4.98 Å². The van der Waals surface area contributed by atoms with E-state index in [0.717, 1.165) is 22.5 Å². The van der Waals surface area contributed by atoms with E-state index in [9.17, 15) is 9.90 Å². The summed E-state index contributed by atoms with van der Waals surface area (Å²) in [5.41, 5.74) is 8.69. The predicted octanol–water partition coefficient (Wildman–Crippen LogP) is 12.5. The zero-order valence-corrected chi connectivity index (χ0v) is 36.3. The molecule has 1 aromatic heterocycles. The van der Waals surface area contributed by atoms with Gasteiger partial charge in [0.1, 0.15) is 17.6 Å². The quantitative estimate of drug-likeness (QED) is 0.109. The van der Waals surface area contributed by atoms with Gasteiger partial charge in [-0.3, -0.25) is 9.78 Å². The molecule has 4 nitrogen and oxygen atoms in total. The van der Waals surface area contributed by atoms with Crippen molar-refractivity contribution in [2.24, 2.45) is 34.5 Å². The SMILES string of the molecule is CC(C)C(C)(C(=O)/C=C(\O)C(C)(C(C)C)C(C)C)C(C)C.Cc1cc(C)c2ccc(-c3[c-]ccc4c3C(C)(C)C3c5ccccc5OC43)nc2c1.[Ir]. The Bertz CT molecular complexity index is 1950. The van der Waals surface area contributed by atoms with E-state index in [1.165, 1.54) is 39.3 Å². The van der Waals surface area contributed by atoms with Crippen LogP contribution in [0.25, 0.3) is 22.2 Å². The number of allylic oxidation sites excluding steroid dienone is 2. The van der Waals surface area contributed by atoms with Crippen molar-refractivity contribution >= 4 is 16.7 Å². The number of nitrogens with zero attached hydrogens (tertiary/aromatic N) is 1. The normalized spacial score (nSPS) is 17.8. The largest absolute Gasteiger partial charge is 0.512 e. The number of carbonyl (C=O) groups excluding carboxylic acids is 1. The standard InChI is InChI=1S/C28H24NO.C19H36O2.Ir/c1-16-14-17(2)18-12-13-22(29-23(18)15-16)19-9-7-10-21-25(19)28(3,4)26-20-8-5-6-11-24(20)30-27(21)26;1-12(2)18(9,13(3)4)16(20)11-17(21)19(10,14(5)6)15(7)8;/h5-8,10-15,26-27H,1-4H3;11-15,20H,1-10H3;/q-1;;/b;16-11-;. The Balaban J connectivity index is 0.000000246. The van der Waals surface area contributed by atoms with E-state index in [0.29, 0.717) is 5.92 Å². The Morgan fingerprint density at radius 1 is 0.865 bits per heavy atom. The predicted molar refractivity (Wildman–Crippen MR) is 212 cm³/mol. The van der Waals surface area contributed by atoms with Crippen LogP contribution in [0.3, 0.4) is 0 Å². The molecule has 1 radical (unpaired) electrons. The van der Waals surface area contributed by atoms with Crippen LogP contribution in [0.4, 0.5) is 0 Å². The first-order valence-electron chi connectivity index (χ1n) is 18.9. The van der Waals surface area contributed by atoms with Crippen molar-refractivity contribution in [3.8, 4) is 17.0 Å². The molecule has 2 aliphatic rings. The monoisotopic (exact) mass is 879 g/mol. The van der Waals surface area contributed by atoms with Crippen LogP contribution < -0.4 is 4.74 Å². The third kappa shape index (κ3) is 6.93. The van der Waals surface area contributed by atoms with E-state index < -0.39 is 5.41 Å². The van der Waals surface area contributed by atoms with E-state index in [4.69, 9.17) is 9.72 Å². The molecular weight excluding hydrogens is 819 g/mol. The Labute approximate surface area is 327 Å². The first kappa shape index (κ1) is 41.5. The number of hydrogen-bond acceptors (Lipinski definition) is 4. The Morgan fingerprint density at radius 3 is 2.06 bits per heavy atom. The maximum Gasteiger partial charge on any atom is 0.165 e. The fourth-order valence-electron chi connectivity index (χ4n) is 8.69. The summed E-state index contributed by atoms with van der Waals surface area (Å²) in [5.74, 6) is 2.61. The average molecular weight is 879 g/mol. The number of benzene rings is 3. The molecule has 0 fully saturated rings. The number of fused-ring (bicyclic) bond motifs is 6. The van der Waals surface area contributed by atoms with Gasteiger partial charge >= 0.3 is 0 Å². The molecule has 2 heterocycles. The minimum absolute atomic E-state index is 0. The van der Waals surface area contributed by atoms with Crippen LogP contribution in [0.1, 0.15) is 123 Å². The van der Waals surface area contributed by atoms with Gasteiger partial charge in [-0.05, 0) is 71.9 Å². The summed E-state index contributed by atoms with van der Waals surface area (Å²) >= 11 is 0. The zero-order chi connectivity index (χ0) is 37.8. The van der Waals surface area contributed by atoms with E-state index in [2.05, 4.69) is 144 Å². The summed E-state index contributed by atoms with van der Waals surface area (Å²) in [6, 6.07) is 25.0. The molecule has 4 aromatic rings. The summed E-state index contributed by atoms with van der Waals surface area (Å²) in [6.45, 7) is 29.7. The number of aliphatic hydroxyl groups is 1. The molecule has 1 aliphatic carbocycles. The van der Waals surface area contributed by atoms with Crippen LogP contribution in [0.5, 0.6) is 5.75 Å². The Morgan fingerprint density at radius 2 is 1.46 bits per heavy atom. The van der Waals surface area contributed by atoms with Crippen molar-refractivity contribution in [1.29, 1.82) is 0 Å². The van der Waals surface area contributed by atoms with Crippen molar-refractivity contribution in [3.63, 3.8) is 0 Å². The number of aromatic nitrogens is 1. The Kier molecular flexibility index (Phi) is 12.1. The van der Waals surface area contributed by atoms with E-state index >= 15 is 0 Å². The topological polar surface area (TPSA) is 59.4 Å². The summed E-state index contributed by atoms with van der Waals surface area (Å²) in [7, 11) is 0. The van der Waals surface area contributed by atoms with Crippen LogP contribution in [0.15, 0.2) is 72.5 Å². The van der Waals surface area contributed by atoms with Gasteiger partial charge in [-0.15, -0.1) is 29.3 Å². The molecular formula is C47H60IrNO3-. The third-order valence-corrected chi connectivity index (χ3v) is 13.1. The smallest absolute Gasteiger partial charge is 0.165 e. The molecule has 0 bridgehead atoms. The van der Waals surface area contributed by atoms with Gasteiger partial charge in [0, 0.05) is 53.9 Å².